The number of likely N-dealkylation sites (N-methyl/N-ethyl adjacent to an activating group) is 1. The van der Waals surface area contributed by atoms with Crippen molar-refractivity contribution in [2.75, 3.05) is 20.1 Å². The van der Waals surface area contributed by atoms with Gasteiger partial charge in [0.25, 0.3) is 0 Å². The summed E-state index contributed by atoms with van der Waals surface area (Å²) in [6, 6.07) is 4.79. The van der Waals surface area contributed by atoms with Crippen molar-refractivity contribution < 1.29 is 9.50 Å². The average molecular weight is 238 g/mol. The molecule has 1 aliphatic rings. The van der Waals surface area contributed by atoms with Crippen LogP contribution in [0.2, 0.25) is 0 Å². The van der Waals surface area contributed by atoms with Crippen molar-refractivity contribution in [2.45, 2.75) is 25.4 Å². The lowest BCUT2D eigenvalue weighted by Crippen LogP contribution is -2.36. The molecule has 0 bridgehead atoms. The predicted octanol–water partition coefficient (Wildman–Crippen LogP) is 1.72. The number of hydrogen-bond acceptors (Lipinski definition) is 3. The van der Waals surface area contributed by atoms with E-state index < -0.39 is 0 Å². The van der Waals surface area contributed by atoms with Crippen molar-refractivity contribution >= 4 is 0 Å². The topological polar surface area (TPSA) is 35.5 Å². The maximum Gasteiger partial charge on any atom is 0.127 e. The molecule has 4 heteroatoms. The number of nitrogens with zero attached hydrogens (tertiary/aromatic N) is 1. The maximum absolute atomic E-state index is 13.2. The Morgan fingerprint density at radius 3 is 3.00 bits per heavy atom. The molecule has 1 fully saturated rings. The van der Waals surface area contributed by atoms with Crippen LogP contribution >= 0.6 is 0 Å². The second-order valence-electron chi connectivity index (χ2n) is 4.64. The molecule has 2 N–H and O–H groups in total. The number of likely N-dealkylation sites (tertiary alicyclic amines) is 1. The first kappa shape index (κ1) is 12.3. The Morgan fingerprint density at radius 2 is 2.29 bits per heavy atom. The minimum Gasteiger partial charge on any atom is -0.508 e. The minimum atomic E-state index is -0.371. The maximum atomic E-state index is 13.2. The normalized spacial score (nSPS) is 20.9. The Labute approximate surface area is 101 Å². The summed E-state index contributed by atoms with van der Waals surface area (Å²) in [4.78, 5) is 2.34. The van der Waals surface area contributed by atoms with E-state index in [2.05, 4.69) is 10.2 Å². The van der Waals surface area contributed by atoms with Crippen LogP contribution in [0, 0.1) is 5.82 Å². The Hall–Kier alpha value is -1.13. The van der Waals surface area contributed by atoms with E-state index in [1.165, 1.54) is 18.9 Å². The van der Waals surface area contributed by atoms with Crippen molar-refractivity contribution in [2.24, 2.45) is 0 Å². The zero-order chi connectivity index (χ0) is 12.3. The van der Waals surface area contributed by atoms with Crippen LogP contribution < -0.4 is 5.32 Å². The van der Waals surface area contributed by atoms with Gasteiger partial charge < -0.3 is 10.4 Å². The fourth-order valence-corrected chi connectivity index (χ4v) is 2.53. The highest BCUT2D eigenvalue weighted by molar-refractivity contribution is 5.28. The third-order valence-electron chi connectivity index (χ3n) is 3.27. The molecular formula is C13H19FN2O. The van der Waals surface area contributed by atoms with Crippen LogP contribution in [-0.2, 0) is 6.54 Å². The number of rotatable bonds is 4. The zero-order valence-electron chi connectivity index (χ0n) is 10.1. The third kappa shape index (κ3) is 3.17. The number of halogens is 1. The number of nitrogens with one attached hydrogen (secondary N) is 1. The molecule has 17 heavy (non-hydrogen) atoms. The van der Waals surface area contributed by atoms with Crippen LogP contribution in [0.3, 0.4) is 0 Å². The van der Waals surface area contributed by atoms with E-state index in [-0.39, 0.29) is 11.6 Å². The van der Waals surface area contributed by atoms with E-state index in [0.717, 1.165) is 24.7 Å². The lowest BCUT2D eigenvalue weighted by Gasteiger charge is -2.24. The number of phenolic OH excluding ortho intramolecular Hbond substituents is 1. The monoisotopic (exact) mass is 238 g/mol. The molecule has 1 aromatic rings. The molecule has 0 amide bonds. The van der Waals surface area contributed by atoms with E-state index in [4.69, 9.17) is 0 Å². The van der Waals surface area contributed by atoms with Gasteiger partial charge in [-0.2, -0.15) is 0 Å². The molecule has 0 aliphatic carbocycles. The van der Waals surface area contributed by atoms with Crippen molar-refractivity contribution in [3.63, 3.8) is 0 Å². The fraction of sp³-hybridized carbons (Fsp3) is 0.538. The van der Waals surface area contributed by atoms with E-state index >= 15 is 0 Å². The summed E-state index contributed by atoms with van der Waals surface area (Å²) in [6.07, 6.45) is 2.37. The molecule has 1 saturated heterocycles. The van der Waals surface area contributed by atoms with Gasteiger partial charge in [-0.1, -0.05) is 0 Å². The van der Waals surface area contributed by atoms with Crippen molar-refractivity contribution in [3.05, 3.63) is 29.6 Å². The summed E-state index contributed by atoms with van der Waals surface area (Å²) in [5, 5.41) is 12.5. The van der Waals surface area contributed by atoms with Gasteiger partial charge in [-0.05, 0) is 44.1 Å². The van der Waals surface area contributed by atoms with E-state index in [9.17, 15) is 9.50 Å². The van der Waals surface area contributed by atoms with Gasteiger partial charge in [0.05, 0.1) is 0 Å². The average Bonchev–Trinajstić information content (AvgIpc) is 2.65. The van der Waals surface area contributed by atoms with E-state index in [0.29, 0.717) is 12.6 Å². The van der Waals surface area contributed by atoms with Crippen molar-refractivity contribution in [3.8, 4) is 5.75 Å². The number of phenols is 1. The van der Waals surface area contributed by atoms with Gasteiger partial charge in [-0.3, -0.25) is 4.90 Å². The first-order valence-electron chi connectivity index (χ1n) is 6.06. The van der Waals surface area contributed by atoms with Crippen LogP contribution in [0.15, 0.2) is 18.2 Å². The molecule has 1 heterocycles. The van der Waals surface area contributed by atoms with Gasteiger partial charge in [-0.25, -0.2) is 4.39 Å². The number of hydrogen-bond donors (Lipinski definition) is 2. The van der Waals surface area contributed by atoms with Crippen LogP contribution in [0.5, 0.6) is 5.75 Å². The lowest BCUT2D eigenvalue weighted by atomic mass is 10.1. The quantitative estimate of drug-likeness (QED) is 0.838. The Morgan fingerprint density at radius 1 is 1.47 bits per heavy atom. The lowest BCUT2D eigenvalue weighted by molar-refractivity contribution is 0.241. The largest absolute Gasteiger partial charge is 0.508 e. The predicted molar refractivity (Wildman–Crippen MR) is 65.4 cm³/mol. The first-order valence-corrected chi connectivity index (χ1v) is 6.06. The van der Waals surface area contributed by atoms with E-state index in [1.807, 2.05) is 7.05 Å². The summed E-state index contributed by atoms with van der Waals surface area (Å²) in [7, 11) is 1.95. The fourth-order valence-electron chi connectivity index (χ4n) is 2.53. The zero-order valence-corrected chi connectivity index (χ0v) is 10.1. The molecular weight excluding hydrogens is 219 g/mol. The van der Waals surface area contributed by atoms with E-state index in [1.54, 1.807) is 6.07 Å². The summed E-state index contributed by atoms with van der Waals surface area (Å²) in [5.41, 5.74) is 0.838. The highest BCUT2D eigenvalue weighted by atomic mass is 19.1. The standard InChI is InChI=1S/C13H19FN2O/c1-15-8-12-3-2-4-16(12)9-10-5-11(14)7-13(17)6-10/h5-7,12,15,17H,2-4,8-9H2,1H3. The third-order valence-corrected chi connectivity index (χ3v) is 3.27. The van der Waals surface area contributed by atoms with Crippen molar-refractivity contribution in [1.29, 1.82) is 0 Å². The van der Waals surface area contributed by atoms with Crippen LogP contribution in [0.4, 0.5) is 4.39 Å². The van der Waals surface area contributed by atoms with Gasteiger partial charge in [0.1, 0.15) is 11.6 Å². The molecule has 3 nitrogen and oxygen atoms in total. The number of aromatic hydroxyl groups is 1. The van der Waals surface area contributed by atoms with Gasteiger partial charge in [-0.15, -0.1) is 0 Å². The number of benzene rings is 1. The van der Waals surface area contributed by atoms with Gasteiger partial charge in [0, 0.05) is 25.2 Å². The molecule has 1 atom stereocenters. The highest BCUT2D eigenvalue weighted by Gasteiger charge is 2.23. The van der Waals surface area contributed by atoms with Crippen molar-refractivity contribution in [1.82, 2.24) is 10.2 Å². The SMILES string of the molecule is CNCC1CCCN1Cc1cc(O)cc(F)c1. The second-order valence-corrected chi connectivity index (χ2v) is 4.64. The minimum absolute atomic E-state index is 0.00404. The van der Waals surface area contributed by atoms with Crippen LogP contribution in [0.25, 0.3) is 0 Å². The van der Waals surface area contributed by atoms with Gasteiger partial charge in [0.2, 0.25) is 0 Å². The molecule has 0 saturated carbocycles. The summed E-state index contributed by atoms with van der Waals surface area (Å²) < 4.78 is 13.2. The molecule has 0 radical (unpaired) electrons. The summed E-state index contributed by atoms with van der Waals surface area (Å²) >= 11 is 0. The van der Waals surface area contributed by atoms with Crippen LogP contribution in [-0.4, -0.2) is 36.2 Å². The van der Waals surface area contributed by atoms with Gasteiger partial charge >= 0.3 is 0 Å². The highest BCUT2D eigenvalue weighted by Crippen LogP contribution is 2.22. The second kappa shape index (κ2) is 5.47. The molecule has 94 valence electrons. The van der Waals surface area contributed by atoms with Crippen LogP contribution in [0.1, 0.15) is 18.4 Å². The molecule has 0 spiro atoms. The first-order chi connectivity index (χ1) is 8.19. The molecule has 0 aromatic heterocycles. The Kier molecular flexibility index (Phi) is 3.97. The molecule has 1 unspecified atom stereocenters. The molecule has 1 aliphatic heterocycles. The Bertz CT molecular complexity index is 363. The molecule has 1 aromatic carbocycles. The summed E-state index contributed by atoms with van der Waals surface area (Å²) in [6.45, 7) is 2.71. The molecule has 2 rings (SSSR count). The summed E-state index contributed by atoms with van der Waals surface area (Å²) in [5.74, 6) is -0.367. The van der Waals surface area contributed by atoms with Gasteiger partial charge in [0.15, 0.2) is 0 Å². The Balaban J connectivity index is 2.04. The smallest absolute Gasteiger partial charge is 0.127 e.